The summed E-state index contributed by atoms with van der Waals surface area (Å²) in [4.78, 5) is 5.63. The van der Waals surface area contributed by atoms with Crippen molar-refractivity contribution in [2.45, 2.75) is 24.8 Å². The third-order valence-corrected chi connectivity index (χ3v) is 5.68. The number of hydrogen-bond donors (Lipinski definition) is 2. The largest absolute Gasteiger partial charge is 0.389 e. The summed E-state index contributed by atoms with van der Waals surface area (Å²) in [5.74, 6) is 0. The number of thiazole rings is 1. The first-order valence-electron chi connectivity index (χ1n) is 6.14. The Kier molecular flexibility index (Phi) is 4.72. The predicted octanol–water partition coefficient (Wildman–Crippen LogP) is 2.13. The number of aryl methyl sites for hydroxylation is 1. The van der Waals surface area contributed by atoms with Gasteiger partial charge in [-0.3, -0.25) is 0 Å². The second-order valence-electron chi connectivity index (χ2n) is 4.54. The molecule has 1 aromatic heterocycles. The van der Waals surface area contributed by atoms with Gasteiger partial charge in [0.15, 0.2) is 0 Å². The van der Waals surface area contributed by atoms with Crippen LogP contribution in [-0.2, 0) is 10.0 Å². The molecule has 0 saturated carbocycles. The lowest BCUT2D eigenvalue weighted by Gasteiger charge is -2.12. The highest BCUT2D eigenvalue weighted by Gasteiger charge is 2.20. The second kappa shape index (κ2) is 6.18. The van der Waals surface area contributed by atoms with Crippen molar-refractivity contribution in [1.82, 2.24) is 9.71 Å². The fraction of sp³-hybridized carbons (Fsp3) is 0.231. The van der Waals surface area contributed by atoms with Gasteiger partial charge < -0.3 is 5.73 Å². The molecule has 0 aliphatic heterocycles. The van der Waals surface area contributed by atoms with Crippen LogP contribution in [0.2, 0.25) is 0 Å². The average Bonchev–Trinajstić information content (AvgIpc) is 2.85. The van der Waals surface area contributed by atoms with Crippen molar-refractivity contribution >= 4 is 38.6 Å². The minimum atomic E-state index is -3.61. The standard InChI is InChI=1S/C13H15N3O2S3/c1-8-7-15-13(20-8)9(2)16-21(17,18)11-5-3-10(4-6-11)12(14)19/h3-7,9,16H,1-2H3,(H2,14,19). The lowest BCUT2D eigenvalue weighted by Crippen LogP contribution is -2.26. The first kappa shape index (κ1) is 16.0. The zero-order chi connectivity index (χ0) is 15.6. The number of aromatic nitrogens is 1. The van der Waals surface area contributed by atoms with E-state index in [1.165, 1.54) is 23.5 Å². The summed E-state index contributed by atoms with van der Waals surface area (Å²) in [6.45, 7) is 3.69. The second-order valence-corrected chi connectivity index (χ2v) is 7.96. The molecule has 0 amide bonds. The van der Waals surface area contributed by atoms with Crippen molar-refractivity contribution in [3.05, 3.63) is 45.9 Å². The Hall–Kier alpha value is -1.35. The van der Waals surface area contributed by atoms with Crippen LogP contribution < -0.4 is 10.5 Å². The summed E-state index contributed by atoms with van der Waals surface area (Å²) in [6.07, 6.45) is 1.72. The zero-order valence-corrected chi connectivity index (χ0v) is 14.0. The number of nitrogens with zero attached hydrogens (tertiary/aromatic N) is 1. The highest BCUT2D eigenvalue weighted by atomic mass is 32.2. The van der Waals surface area contributed by atoms with Gasteiger partial charge in [-0.25, -0.2) is 18.1 Å². The van der Waals surface area contributed by atoms with Gasteiger partial charge in [0.1, 0.15) is 10.00 Å². The van der Waals surface area contributed by atoms with E-state index in [4.69, 9.17) is 18.0 Å². The Bertz CT molecular complexity index is 751. The maximum Gasteiger partial charge on any atom is 0.241 e. The first-order valence-corrected chi connectivity index (χ1v) is 8.85. The number of rotatable bonds is 5. The van der Waals surface area contributed by atoms with Crippen molar-refractivity contribution in [2.24, 2.45) is 5.73 Å². The SMILES string of the molecule is Cc1cnc(C(C)NS(=O)(=O)c2ccc(C(N)=S)cc2)s1. The van der Waals surface area contributed by atoms with Crippen molar-refractivity contribution in [2.75, 3.05) is 0 Å². The van der Waals surface area contributed by atoms with Crippen LogP contribution in [0.4, 0.5) is 0 Å². The molecule has 5 nitrogen and oxygen atoms in total. The van der Waals surface area contributed by atoms with E-state index in [9.17, 15) is 8.42 Å². The van der Waals surface area contributed by atoms with Gasteiger partial charge in [-0.05, 0) is 26.0 Å². The van der Waals surface area contributed by atoms with Gasteiger partial charge in [0.05, 0.1) is 10.9 Å². The van der Waals surface area contributed by atoms with E-state index in [2.05, 4.69) is 9.71 Å². The molecule has 1 atom stereocenters. The van der Waals surface area contributed by atoms with Gasteiger partial charge in [0, 0.05) is 16.6 Å². The molecule has 112 valence electrons. The third kappa shape index (κ3) is 3.85. The van der Waals surface area contributed by atoms with Crippen LogP contribution >= 0.6 is 23.6 Å². The normalized spacial score (nSPS) is 13.0. The van der Waals surface area contributed by atoms with Gasteiger partial charge in [-0.1, -0.05) is 24.4 Å². The van der Waals surface area contributed by atoms with E-state index in [0.717, 1.165) is 9.88 Å². The molecule has 2 aromatic rings. The quantitative estimate of drug-likeness (QED) is 0.814. The molecule has 0 radical (unpaired) electrons. The van der Waals surface area contributed by atoms with Crippen molar-refractivity contribution in [3.8, 4) is 0 Å². The topological polar surface area (TPSA) is 85.1 Å². The Morgan fingerprint density at radius 2 is 2.00 bits per heavy atom. The molecule has 0 aliphatic carbocycles. The maximum atomic E-state index is 12.3. The molecule has 0 fully saturated rings. The monoisotopic (exact) mass is 341 g/mol. The molecule has 0 bridgehead atoms. The third-order valence-electron chi connectivity index (χ3n) is 2.79. The lowest BCUT2D eigenvalue weighted by molar-refractivity contribution is 0.566. The molecule has 0 aliphatic rings. The van der Waals surface area contributed by atoms with Crippen LogP contribution in [0.5, 0.6) is 0 Å². The van der Waals surface area contributed by atoms with Gasteiger partial charge in [-0.15, -0.1) is 11.3 Å². The van der Waals surface area contributed by atoms with E-state index in [0.29, 0.717) is 5.56 Å². The van der Waals surface area contributed by atoms with Crippen LogP contribution in [0.15, 0.2) is 35.4 Å². The van der Waals surface area contributed by atoms with Crippen LogP contribution in [0.1, 0.15) is 28.4 Å². The molecule has 2 rings (SSSR count). The smallest absolute Gasteiger partial charge is 0.241 e. The van der Waals surface area contributed by atoms with E-state index in [1.54, 1.807) is 25.3 Å². The molecule has 3 N–H and O–H groups in total. The molecule has 1 aromatic carbocycles. The first-order chi connectivity index (χ1) is 9.79. The number of nitrogens with one attached hydrogen (secondary N) is 1. The van der Waals surface area contributed by atoms with Crippen molar-refractivity contribution in [3.63, 3.8) is 0 Å². The Labute approximate surface area is 133 Å². The summed E-state index contributed by atoms with van der Waals surface area (Å²) in [6, 6.07) is 5.77. The molecule has 1 heterocycles. The minimum absolute atomic E-state index is 0.169. The number of thiocarbonyl (C=S) groups is 1. The summed E-state index contributed by atoms with van der Waals surface area (Å²) >= 11 is 6.31. The van der Waals surface area contributed by atoms with E-state index < -0.39 is 10.0 Å². The lowest BCUT2D eigenvalue weighted by atomic mass is 10.2. The van der Waals surface area contributed by atoms with E-state index in [-0.39, 0.29) is 15.9 Å². The highest BCUT2D eigenvalue weighted by Crippen LogP contribution is 2.21. The maximum absolute atomic E-state index is 12.3. The average molecular weight is 341 g/mol. The number of benzene rings is 1. The van der Waals surface area contributed by atoms with Crippen molar-refractivity contribution in [1.29, 1.82) is 0 Å². The molecular formula is C13H15N3O2S3. The fourth-order valence-electron chi connectivity index (χ4n) is 1.72. The summed E-state index contributed by atoms with van der Waals surface area (Å²) in [7, 11) is -3.61. The molecule has 21 heavy (non-hydrogen) atoms. The van der Waals surface area contributed by atoms with E-state index >= 15 is 0 Å². The molecule has 0 saturated heterocycles. The van der Waals surface area contributed by atoms with Gasteiger partial charge in [0.2, 0.25) is 10.0 Å². The van der Waals surface area contributed by atoms with Crippen LogP contribution in [0, 0.1) is 6.92 Å². The molecular weight excluding hydrogens is 326 g/mol. The summed E-state index contributed by atoms with van der Waals surface area (Å²) in [5.41, 5.74) is 6.12. The van der Waals surface area contributed by atoms with Crippen LogP contribution in [-0.4, -0.2) is 18.4 Å². The molecule has 8 heteroatoms. The van der Waals surface area contributed by atoms with E-state index in [1.807, 2.05) is 6.92 Å². The predicted molar refractivity (Wildman–Crippen MR) is 87.9 cm³/mol. The molecule has 1 unspecified atom stereocenters. The van der Waals surface area contributed by atoms with Crippen molar-refractivity contribution < 1.29 is 8.42 Å². The Morgan fingerprint density at radius 3 is 2.48 bits per heavy atom. The van der Waals surface area contributed by atoms with Gasteiger partial charge in [-0.2, -0.15) is 0 Å². The van der Waals surface area contributed by atoms with Crippen LogP contribution in [0.3, 0.4) is 0 Å². The summed E-state index contributed by atoms with van der Waals surface area (Å²) in [5, 5.41) is 0.732. The fourth-order valence-corrected chi connectivity index (χ4v) is 3.92. The minimum Gasteiger partial charge on any atom is -0.389 e. The highest BCUT2D eigenvalue weighted by molar-refractivity contribution is 7.89. The number of nitrogens with two attached hydrogens (primary N) is 1. The summed E-state index contributed by atoms with van der Waals surface area (Å²) < 4.78 is 27.2. The number of sulfonamides is 1. The molecule has 0 spiro atoms. The van der Waals surface area contributed by atoms with Gasteiger partial charge in [0.25, 0.3) is 0 Å². The van der Waals surface area contributed by atoms with Gasteiger partial charge >= 0.3 is 0 Å². The Morgan fingerprint density at radius 1 is 1.38 bits per heavy atom. The van der Waals surface area contributed by atoms with Crippen LogP contribution in [0.25, 0.3) is 0 Å². The number of hydrogen-bond acceptors (Lipinski definition) is 5. The zero-order valence-electron chi connectivity index (χ0n) is 11.5. The Balaban J connectivity index is 2.19.